The van der Waals surface area contributed by atoms with E-state index >= 15 is 0 Å². The van der Waals surface area contributed by atoms with E-state index in [4.69, 9.17) is 5.73 Å². The maximum Gasteiger partial charge on any atom is 0.175 e. The van der Waals surface area contributed by atoms with Gasteiger partial charge in [-0.15, -0.1) is 0 Å². The van der Waals surface area contributed by atoms with Crippen molar-refractivity contribution in [3.8, 4) is 0 Å². The van der Waals surface area contributed by atoms with Crippen molar-refractivity contribution in [3.63, 3.8) is 0 Å². The number of nitrogens with one attached hydrogen (secondary N) is 1. The van der Waals surface area contributed by atoms with Gasteiger partial charge in [0.15, 0.2) is 9.84 Å². The smallest absolute Gasteiger partial charge is 0.175 e. The molecule has 3 N–H and O–H groups in total. The molecular formula is C15H18N2O2S. The van der Waals surface area contributed by atoms with Crippen LogP contribution in [0.5, 0.6) is 0 Å². The number of aryl methyl sites for hydroxylation is 1. The van der Waals surface area contributed by atoms with Crippen LogP contribution in [0.25, 0.3) is 0 Å². The Morgan fingerprint density at radius 2 is 1.75 bits per heavy atom. The molecule has 0 aromatic heterocycles. The number of anilines is 2. The molecule has 0 aliphatic rings. The molecule has 0 amide bonds. The second-order valence-corrected chi connectivity index (χ2v) is 6.88. The van der Waals surface area contributed by atoms with Crippen LogP contribution in [0.15, 0.2) is 47.4 Å². The van der Waals surface area contributed by atoms with Crippen LogP contribution in [-0.2, 0) is 16.4 Å². The predicted molar refractivity (Wildman–Crippen MR) is 82.5 cm³/mol. The Labute approximate surface area is 119 Å². The fourth-order valence-corrected chi connectivity index (χ4v) is 2.53. The molecule has 2 rings (SSSR count). The van der Waals surface area contributed by atoms with Gasteiger partial charge in [0.05, 0.1) is 16.3 Å². The van der Waals surface area contributed by atoms with Crippen molar-refractivity contribution in [1.29, 1.82) is 0 Å². The van der Waals surface area contributed by atoms with Crippen molar-refractivity contribution >= 4 is 21.2 Å². The summed E-state index contributed by atoms with van der Waals surface area (Å²) in [7, 11) is -3.14. The zero-order valence-corrected chi connectivity index (χ0v) is 12.4. The van der Waals surface area contributed by atoms with E-state index in [-0.39, 0.29) is 0 Å². The van der Waals surface area contributed by atoms with E-state index in [1.807, 2.05) is 25.1 Å². The van der Waals surface area contributed by atoms with Gasteiger partial charge in [0.2, 0.25) is 0 Å². The molecule has 2 aromatic carbocycles. The summed E-state index contributed by atoms with van der Waals surface area (Å²) in [6.07, 6.45) is 1.20. The molecule has 4 nitrogen and oxygen atoms in total. The molecule has 0 aliphatic carbocycles. The van der Waals surface area contributed by atoms with Gasteiger partial charge in [-0.05, 0) is 42.3 Å². The summed E-state index contributed by atoms with van der Waals surface area (Å²) >= 11 is 0. The first-order chi connectivity index (χ1) is 9.36. The number of nitrogen functional groups attached to an aromatic ring is 1. The third-order valence-electron chi connectivity index (χ3n) is 3.04. The zero-order valence-electron chi connectivity index (χ0n) is 11.6. The monoisotopic (exact) mass is 290 g/mol. The fourth-order valence-electron chi connectivity index (χ4n) is 1.89. The van der Waals surface area contributed by atoms with E-state index in [1.54, 1.807) is 24.3 Å². The molecule has 0 radical (unpaired) electrons. The molecular weight excluding hydrogens is 272 g/mol. The molecule has 0 saturated heterocycles. The minimum atomic E-state index is -3.14. The van der Waals surface area contributed by atoms with Gasteiger partial charge in [0.1, 0.15) is 0 Å². The summed E-state index contributed by atoms with van der Waals surface area (Å²) in [5, 5.41) is 3.24. The predicted octanol–water partition coefficient (Wildman–Crippen LogP) is 2.59. The van der Waals surface area contributed by atoms with E-state index < -0.39 is 9.84 Å². The van der Waals surface area contributed by atoms with Crippen LogP contribution >= 0.6 is 0 Å². The normalized spacial score (nSPS) is 11.3. The van der Waals surface area contributed by atoms with Gasteiger partial charge in [-0.3, -0.25) is 0 Å². The lowest BCUT2D eigenvalue weighted by atomic mass is 10.2. The summed E-state index contributed by atoms with van der Waals surface area (Å²) in [5.41, 5.74) is 9.62. The lowest BCUT2D eigenvalue weighted by molar-refractivity contribution is 0.602. The quantitative estimate of drug-likeness (QED) is 0.849. The van der Waals surface area contributed by atoms with Crippen LogP contribution in [0, 0.1) is 6.92 Å². The summed E-state index contributed by atoms with van der Waals surface area (Å²) in [6, 6.07) is 12.7. The second-order valence-electron chi connectivity index (χ2n) is 4.86. The Hall–Kier alpha value is -2.01. The van der Waals surface area contributed by atoms with Crippen LogP contribution in [0.2, 0.25) is 0 Å². The lowest BCUT2D eigenvalue weighted by Gasteiger charge is -2.10. The van der Waals surface area contributed by atoms with Crippen LogP contribution in [0.1, 0.15) is 11.1 Å². The summed E-state index contributed by atoms with van der Waals surface area (Å²) < 4.78 is 22.7. The number of hydrogen-bond acceptors (Lipinski definition) is 4. The van der Waals surface area contributed by atoms with E-state index in [2.05, 4.69) is 5.32 Å². The van der Waals surface area contributed by atoms with Gasteiger partial charge in [-0.1, -0.05) is 18.2 Å². The lowest BCUT2D eigenvalue weighted by Crippen LogP contribution is -2.03. The summed E-state index contributed by atoms with van der Waals surface area (Å²) in [5.74, 6) is 0. The van der Waals surface area contributed by atoms with E-state index in [0.29, 0.717) is 17.1 Å². The van der Waals surface area contributed by atoms with Gasteiger partial charge >= 0.3 is 0 Å². The Morgan fingerprint density at radius 1 is 1.10 bits per heavy atom. The van der Waals surface area contributed by atoms with Crippen molar-refractivity contribution < 1.29 is 8.42 Å². The molecule has 0 spiro atoms. The zero-order chi connectivity index (χ0) is 14.8. The molecule has 106 valence electrons. The molecule has 0 bridgehead atoms. The number of rotatable bonds is 4. The van der Waals surface area contributed by atoms with Crippen LogP contribution in [0.3, 0.4) is 0 Å². The maximum absolute atomic E-state index is 11.4. The number of hydrogen-bond donors (Lipinski definition) is 2. The molecule has 20 heavy (non-hydrogen) atoms. The minimum absolute atomic E-state index is 0.330. The van der Waals surface area contributed by atoms with Gasteiger partial charge in [0, 0.05) is 12.8 Å². The number of nitrogens with two attached hydrogens (primary N) is 1. The van der Waals surface area contributed by atoms with E-state index in [1.165, 1.54) is 6.26 Å². The molecule has 0 fully saturated rings. The highest BCUT2D eigenvalue weighted by atomic mass is 32.2. The second kappa shape index (κ2) is 5.54. The van der Waals surface area contributed by atoms with Crippen molar-refractivity contribution in [2.45, 2.75) is 18.4 Å². The minimum Gasteiger partial charge on any atom is -0.397 e. The van der Waals surface area contributed by atoms with E-state index in [9.17, 15) is 8.42 Å². The highest BCUT2D eigenvalue weighted by molar-refractivity contribution is 7.90. The topological polar surface area (TPSA) is 72.2 Å². The average Bonchev–Trinajstić information content (AvgIpc) is 2.37. The van der Waals surface area contributed by atoms with E-state index in [0.717, 1.165) is 16.8 Å². The van der Waals surface area contributed by atoms with Crippen molar-refractivity contribution in [2.24, 2.45) is 0 Å². The molecule has 0 atom stereocenters. The number of benzene rings is 2. The molecule has 2 aromatic rings. The molecule has 0 saturated carbocycles. The van der Waals surface area contributed by atoms with Gasteiger partial charge in [0.25, 0.3) is 0 Å². The van der Waals surface area contributed by atoms with Crippen LogP contribution in [0.4, 0.5) is 11.4 Å². The third kappa shape index (κ3) is 3.51. The molecule has 0 heterocycles. The summed E-state index contributed by atoms with van der Waals surface area (Å²) in [6.45, 7) is 2.58. The molecule has 0 aliphatic heterocycles. The SMILES string of the molecule is Cc1ccc(NCc2ccc(S(C)(=O)=O)cc2)c(N)c1. The van der Waals surface area contributed by atoms with Crippen molar-refractivity contribution in [2.75, 3.05) is 17.3 Å². The molecule has 0 unspecified atom stereocenters. The average molecular weight is 290 g/mol. The van der Waals surface area contributed by atoms with Gasteiger partial charge in [-0.25, -0.2) is 8.42 Å². The Balaban J connectivity index is 2.08. The highest BCUT2D eigenvalue weighted by Gasteiger charge is 2.06. The highest BCUT2D eigenvalue weighted by Crippen LogP contribution is 2.20. The summed E-state index contributed by atoms with van der Waals surface area (Å²) in [4.78, 5) is 0.330. The standard InChI is InChI=1S/C15H18N2O2S/c1-11-3-8-15(14(16)9-11)17-10-12-4-6-13(7-5-12)20(2,18)19/h3-9,17H,10,16H2,1-2H3. The first-order valence-corrected chi connectivity index (χ1v) is 8.14. The Bertz CT molecular complexity index is 707. The first-order valence-electron chi connectivity index (χ1n) is 6.25. The third-order valence-corrected chi connectivity index (χ3v) is 4.17. The largest absolute Gasteiger partial charge is 0.397 e. The van der Waals surface area contributed by atoms with Gasteiger partial charge in [-0.2, -0.15) is 0 Å². The van der Waals surface area contributed by atoms with Crippen LogP contribution < -0.4 is 11.1 Å². The van der Waals surface area contributed by atoms with Crippen molar-refractivity contribution in [1.82, 2.24) is 0 Å². The molecule has 5 heteroatoms. The Morgan fingerprint density at radius 3 is 2.30 bits per heavy atom. The maximum atomic E-state index is 11.4. The number of sulfone groups is 1. The fraction of sp³-hybridized carbons (Fsp3) is 0.200. The van der Waals surface area contributed by atoms with Crippen LogP contribution in [-0.4, -0.2) is 14.7 Å². The van der Waals surface area contributed by atoms with Crippen molar-refractivity contribution in [3.05, 3.63) is 53.6 Å². The first kappa shape index (κ1) is 14.4. The Kier molecular flexibility index (Phi) is 3.99. The van der Waals surface area contributed by atoms with Gasteiger partial charge < -0.3 is 11.1 Å².